The highest BCUT2D eigenvalue weighted by Crippen LogP contribution is 2.20. The van der Waals surface area contributed by atoms with E-state index in [2.05, 4.69) is 4.18 Å². The van der Waals surface area contributed by atoms with Gasteiger partial charge in [0.15, 0.2) is 0 Å². The molecule has 0 aliphatic heterocycles. The second-order valence-corrected chi connectivity index (χ2v) is 7.40. The van der Waals surface area contributed by atoms with Gasteiger partial charge in [0, 0.05) is 6.04 Å². The van der Waals surface area contributed by atoms with E-state index < -0.39 is 18.9 Å². The molecule has 0 aromatic rings. The average molecular weight is 232 g/mol. The minimum Gasteiger partial charge on any atom is -0.270 e. The summed E-state index contributed by atoms with van der Waals surface area (Å²) in [6, 6.07) is -0.287. The standard InChI is InChI=1S/C6H14F2O3SSi/c1-3-13(7,8)6-4-5-11-12(2,9)10/h3-6H2,1-2H3. The maximum Gasteiger partial charge on any atom is 0.424 e. The molecule has 0 aliphatic carbocycles. The molecule has 0 amide bonds. The topological polar surface area (TPSA) is 43.4 Å². The van der Waals surface area contributed by atoms with Crippen molar-refractivity contribution in [1.29, 1.82) is 0 Å². The molecule has 0 spiro atoms. The Morgan fingerprint density at radius 1 is 1.38 bits per heavy atom. The van der Waals surface area contributed by atoms with Gasteiger partial charge in [0.2, 0.25) is 0 Å². The fourth-order valence-corrected chi connectivity index (χ4v) is 2.15. The molecule has 0 saturated carbocycles. The van der Waals surface area contributed by atoms with Crippen LogP contribution in [0.2, 0.25) is 12.1 Å². The first kappa shape index (κ1) is 13.0. The lowest BCUT2D eigenvalue weighted by Gasteiger charge is -2.08. The molecule has 0 unspecified atom stereocenters. The van der Waals surface area contributed by atoms with Crippen molar-refractivity contribution in [2.24, 2.45) is 0 Å². The largest absolute Gasteiger partial charge is 0.424 e. The lowest BCUT2D eigenvalue weighted by atomic mass is 10.5. The molecule has 0 aromatic heterocycles. The summed E-state index contributed by atoms with van der Waals surface area (Å²) < 4.78 is 50.6. The molecular formula is C6H14F2O3SSi. The van der Waals surface area contributed by atoms with Crippen molar-refractivity contribution in [3.8, 4) is 0 Å². The van der Waals surface area contributed by atoms with Crippen LogP contribution in [0.15, 0.2) is 0 Å². The molecule has 3 nitrogen and oxygen atoms in total. The molecule has 0 atom stereocenters. The van der Waals surface area contributed by atoms with Crippen LogP contribution in [0.3, 0.4) is 0 Å². The van der Waals surface area contributed by atoms with Crippen molar-refractivity contribution in [3.05, 3.63) is 0 Å². The molecule has 0 aliphatic rings. The Hall–Kier alpha value is -0.0131. The minimum atomic E-state index is -4.05. The molecule has 0 aromatic carbocycles. The van der Waals surface area contributed by atoms with E-state index in [1.165, 1.54) is 6.92 Å². The molecular weight excluding hydrogens is 218 g/mol. The molecule has 13 heavy (non-hydrogen) atoms. The second kappa shape index (κ2) is 5.01. The van der Waals surface area contributed by atoms with E-state index in [0.29, 0.717) is 0 Å². The number of hydrogen-bond donors (Lipinski definition) is 0. The molecule has 7 heteroatoms. The summed E-state index contributed by atoms with van der Waals surface area (Å²) >= 11 is 0. The van der Waals surface area contributed by atoms with E-state index in [-0.39, 0.29) is 25.1 Å². The van der Waals surface area contributed by atoms with Gasteiger partial charge in [0.1, 0.15) is 0 Å². The third-order valence-corrected chi connectivity index (χ3v) is 4.22. The Labute approximate surface area is 78.6 Å². The SMILES string of the molecule is CC[Si](F)(F)CCCOS(C)(=O)=O. The smallest absolute Gasteiger partial charge is 0.270 e. The van der Waals surface area contributed by atoms with Gasteiger partial charge in [-0.2, -0.15) is 8.42 Å². The van der Waals surface area contributed by atoms with Crippen molar-refractivity contribution in [1.82, 2.24) is 0 Å². The summed E-state index contributed by atoms with van der Waals surface area (Å²) in [6.07, 6.45) is 1.02. The lowest BCUT2D eigenvalue weighted by molar-refractivity contribution is 0.318. The first-order valence-electron chi connectivity index (χ1n) is 3.99. The second-order valence-electron chi connectivity index (χ2n) is 2.84. The zero-order chi connectivity index (χ0) is 10.5. The fourth-order valence-electron chi connectivity index (χ4n) is 0.718. The lowest BCUT2D eigenvalue weighted by Crippen LogP contribution is -2.21. The summed E-state index contributed by atoms with van der Waals surface area (Å²) in [4.78, 5) is 0. The van der Waals surface area contributed by atoms with Crippen molar-refractivity contribution in [3.63, 3.8) is 0 Å². The average Bonchev–Trinajstić information content (AvgIpc) is 1.97. The van der Waals surface area contributed by atoms with E-state index in [9.17, 15) is 16.6 Å². The molecule has 0 saturated heterocycles. The molecule has 0 rings (SSSR count). The summed E-state index contributed by atoms with van der Waals surface area (Å²) in [5.74, 6) is 0. The van der Waals surface area contributed by atoms with Gasteiger partial charge in [0.05, 0.1) is 12.9 Å². The van der Waals surface area contributed by atoms with Crippen LogP contribution in [0.4, 0.5) is 8.22 Å². The van der Waals surface area contributed by atoms with Gasteiger partial charge in [-0.1, -0.05) is 6.92 Å². The van der Waals surface area contributed by atoms with Crippen LogP contribution in [-0.2, 0) is 14.3 Å². The predicted molar refractivity (Wildman–Crippen MR) is 48.7 cm³/mol. The van der Waals surface area contributed by atoms with E-state index in [1.54, 1.807) is 0 Å². The van der Waals surface area contributed by atoms with Gasteiger partial charge < -0.3 is 0 Å². The highest BCUT2D eigenvalue weighted by Gasteiger charge is 2.31. The van der Waals surface area contributed by atoms with Crippen LogP contribution in [0.5, 0.6) is 0 Å². The third kappa shape index (κ3) is 8.32. The Balaban J connectivity index is 3.58. The molecule has 0 radical (unpaired) electrons. The fraction of sp³-hybridized carbons (Fsp3) is 1.00. The van der Waals surface area contributed by atoms with Gasteiger partial charge in [0.25, 0.3) is 10.1 Å². The van der Waals surface area contributed by atoms with Crippen molar-refractivity contribution >= 4 is 18.9 Å². The Morgan fingerprint density at radius 2 is 1.92 bits per heavy atom. The van der Waals surface area contributed by atoms with Crippen LogP contribution >= 0.6 is 0 Å². The number of hydrogen-bond acceptors (Lipinski definition) is 3. The highest BCUT2D eigenvalue weighted by atomic mass is 32.2. The van der Waals surface area contributed by atoms with Crippen molar-refractivity contribution < 1.29 is 20.8 Å². The summed E-state index contributed by atoms with van der Waals surface area (Å²) in [5.41, 5.74) is 0. The maximum atomic E-state index is 12.7. The highest BCUT2D eigenvalue weighted by molar-refractivity contribution is 7.85. The zero-order valence-electron chi connectivity index (χ0n) is 7.72. The molecule has 0 N–H and O–H groups in total. The van der Waals surface area contributed by atoms with Crippen LogP contribution in [-0.4, -0.2) is 30.0 Å². The van der Waals surface area contributed by atoms with Gasteiger partial charge in [-0.25, -0.2) is 0 Å². The van der Waals surface area contributed by atoms with Gasteiger partial charge >= 0.3 is 8.74 Å². The summed E-state index contributed by atoms with van der Waals surface area (Å²) in [7, 11) is -7.53. The van der Waals surface area contributed by atoms with Crippen LogP contribution in [0.1, 0.15) is 13.3 Å². The monoisotopic (exact) mass is 232 g/mol. The molecule has 80 valence electrons. The van der Waals surface area contributed by atoms with Crippen molar-refractivity contribution in [2.75, 3.05) is 12.9 Å². The Kier molecular flexibility index (Phi) is 5.01. The van der Waals surface area contributed by atoms with Gasteiger partial charge in [-0.15, -0.1) is 0 Å². The molecule has 0 heterocycles. The minimum absolute atomic E-state index is 0.0914. The van der Waals surface area contributed by atoms with Gasteiger partial charge in [-0.05, 0) is 12.5 Å². The van der Waals surface area contributed by atoms with E-state index in [0.717, 1.165) is 6.26 Å². The van der Waals surface area contributed by atoms with E-state index >= 15 is 0 Å². The predicted octanol–water partition coefficient (Wildman–Crippen LogP) is 1.75. The normalized spacial score (nSPS) is 13.2. The third-order valence-electron chi connectivity index (χ3n) is 1.50. The Bertz CT molecular complexity index is 240. The number of rotatable bonds is 6. The van der Waals surface area contributed by atoms with Crippen LogP contribution in [0, 0.1) is 0 Å². The summed E-state index contributed by atoms with van der Waals surface area (Å²) in [5, 5.41) is 0. The Morgan fingerprint density at radius 3 is 2.31 bits per heavy atom. The van der Waals surface area contributed by atoms with Crippen LogP contribution < -0.4 is 0 Å². The van der Waals surface area contributed by atoms with Crippen LogP contribution in [0.25, 0.3) is 0 Å². The quantitative estimate of drug-likeness (QED) is 0.303. The maximum absolute atomic E-state index is 12.7. The van der Waals surface area contributed by atoms with Gasteiger partial charge in [-0.3, -0.25) is 12.4 Å². The number of halogens is 2. The van der Waals surface area contributed by atoms with E-state index in [4.69, 9.17) is 0 Å². The molecule has 0 fully saturated rings. The zero-order valence-corrected chi connectivity index (χ0v) is 9.53. The first-order valence-corrected chi connectivity index (χ1v) is 7.98. The first-order chi connectivity index (χ1) is 5.77. The summed E-state index contributed by atoms with van der Waals surface area (Å²) in [6.45, 7) is 1.31. The van der Waals surface area contributed by atoms with E-state index in [1.807, 2.05) is 0 Å². The molecule has 0 bridgehead atoms. The van der Waals surface area contributed by atoms with Crippen molar-refractivity contribution in [2.45, 2.75) is 25.4 Å².